The number of hydrogen-bond donors (Lipinski definition) is 6. The van der Waals surface area contributed by atoms with Crippen LogP contribution < -0.4 is 5.32 Å². The Bertz CT molecular complexity index is 1410. The normalized spacial score (nSPS) is 18.4. The fourth-order valence-electron chi connectivity index (χ4n) is 12.0. The van der Waals surface area contributed by atoms with Crippen LogP contribution in [0.2, 0.25) is 0 Å². The highest BCUT2D eigenvalue weighted by Crippen LogP contribution is 2.24. The first-order chi connectivity index (χ1) is 40.8. The molecule has 83 heavy (non-hydrogen) atoms. The van der Waals surface area contributed by atoms with E-state index < -0.39 is 49.5 Å². The lowest BCUT2D eigenvalue weighted by Crippen LogP contribution is -2.60. The molecule has 0 aliphatic carbocycles. The average Bonchev–Trinajstić information content (AvgIpc) is 3.50. The monoisotopic (exact) mass is 1170 g/mol. The lowest BCUT2D eigenvalue weighted by molar-refractivity contribution is -0.302. The third-order valence-electron chi connectivity index (χ3n) is 17.7. The fourth-order valence-corrected chi connectivity index (χ4v) is 12.0. The number of carbonyl (C=O) groups is 1. The molecule has 1 heterocycles. The molecular formula is C74H141NO8. The molecule has 1 rings (SSSR count). The Hall–Kier alpha value is -1.59. The predicted octanol–water partition coefficient (Wildman–Crippen LogP) is 20.2. The van der Waals surface area contributed by atoms with Crippen LogP contribution in [0.15, 0.2) is 36.5 Å². The summed E-state index contributed by atoms with van der Waals surface area (Å²) in [5, 5.41) is 54.7. The molecule has 0 bridgehead atoms. The van der Waals surface area contributed by atoms with Crippen molar-refractivity contribution in [2.45, 2.75) is 416 Å². The maximum absolute atomic E-state index is 13.1. The molecule has 1 fully saturated rings. The molecule has 1 amide bonds. The molecule has 0 aromatic rings. The van der Waals surface area contributed by atoms with Crippen molar-refractivity contribution in [3.8, 4) is 0 Å². The van der Waals surface area contributed by atoms with E-state index in [9.17, 15) is 30.3 Å². The van der Waals surface area contributed by atoms with Gasteiger partial charge in [-0.05, 0) is 44.9 Å². The first-order valence-electron chi connectivity index (χ1n) is 36.7. The molecule has 0 aromatic heterocycles. The van der Waals surface area contributed by atoms with Crippen LogP contribution in [0, 0.1) is 0 Å². The van der Waals surface area contributed by atoms with Crippen LogP contribution in [0.5, 0.6) is 0 Å². The van der Waals surface area contributed by atoms with E-state index in [4.69, 9.17) is 9.47 Å². The van der Waals surface area contributed by atoms with Crippen LogP contribution in [-0.4, -0.2) is 87.5 Å². The maximum Gasteiger partial charge on any atom is 0.220 e. The molecule has 0 saturated carbocycles. The van der Waals surface area contributed by atoms with E-state index in [2.05, 4.69) is 43.5 Å². The van der Waals surface area contributed by atoms with Crippen molar-refractivity contribution in [2.75, 3.05) is 13.2 Å². The van der Waals surface area contributed by atoms with Gasteiger partial charge < -0.3 is 40.3 Å². The van der Waals surface area contributed by atoms with Gasteiger partial charge in [0.15, 0.2) is 6.29 Å². The van der Waals surface area contributed by atoms with Gasteiger partial charge in [-0.2, -0.15) is 0 Å². The number of unbranched alkanes of at least 4 members (excludes halogenated alkanes) is 51. The summed E-state index contributed by atoms with van der Waals surface area (Å²) in [5.41, 5.74) is 0. The molecule has 9 heteroatoms. The van der Waals surface area contributed by atoms with Gasteiger partial charge in [0.2, 0.25) is 5.91 Å². The van der Waals surface area contributed by atoms with Crippen LogP contribution in [-0.2, 0) is 14.3 Å². The molecule has 0 aromatic carbocycles. The van der Waals surface area contributed by atoms with E-state index in [1.165, 1.54) is 308 Å². The van der Waals surface area contributed by atoms with E-state index in [1.54, 1.807) is 6.08 Å². The predicted molar refractivity (Wildman–Crippen MR) is 355 cm³/mol. The minimum Gasteiger partial charge on any atom is -0.394 e. The zero-order valence-electron chi connectivity index (χ0n) is 55.0. The second-order valence-electron chi connectivity index (χ2n) is 25.7. The SMILES string of the molecule is CCCCCCCCCCC/C=C/CC/C=C/CC/C=C/C(O)C(COC1OC(CO)C(O)C(O)C1O)NC(=O)CCCCCCCCCCCCCCCCCCCCCCCCCCCCCCCCCCCCCCCCCCC. The summed E-state index contributed by atoms with van der Waals surface area (Å²) >= 11 is 0. The number of carbonyl (C=O) groups excluding carboxylic acids is 1. The van der Waals surface area contributed by atoms with Crippen LogP contribution in [0.3, 0.4) is 0 Å². The second kappa shape index (κ2) is 63.4. The lowest BCUT2D eigenvalue weighted by Gasteiger charge is -2.40. The number of aliphatic hydroxyl groups is 5. The quantitative estimate of drug-likeness (QED) is 0.0261. The molecule has 0 radical (unpaired) electrons. The Labute approximate surface area is 514 Å². The number of nitrogens with one attached hydrogen (secondary N) is 1. The smallest absolute Gasteiger partial charge is 0.220 e. The van der Waals surface area contributed by atoms with E-state index >= 15 is 0 Å². The minimum atomic E-state index is -1.57. The molecule has 0 spiro atoms. The highest BCUT2D eigenvalue weighted by molar-refractivity contribution is 5.76. The number of hydrogen-bond acceptors (Lipinski definition) is 8. The Morgan fingerprint density at radius 3 is 1.01 bits per heavy atom. The van der Waals surface area contributed by atoms with E-state index in [0.29, 0.717) is 6.42 Å². The summed E-state index contributed by atoms with van der Waals surface area (Å²) in [5.74, 6) is -0.184. The van der Waals surface area contributed by atoms with Crippen molar-refractivity contribution in [2.24, 2.45) is 0 Å². The maximum atomic E-state index is 13.1. The zero-order chi connectivity index (χ0) is 60.0. The van der Waals surface area contributed by atoms with Gasteiger partial charge in [0, 0.05) is 6.42 Å². The third-order valence-corrected chi connectivity index (χ3v) is 17.7. The van der Waals surface area contributed by atoms with Gasteiger partial charge in [-0.3, -0.25) is 4.79 Å². The standard InChI is InChI=1S/C74H141NO8/c1-3-5-7-9-11-13-15-17-19-21-23-24-25-26-27-28-29-30-31-32-33-34-35-36-37-38-39-40-41-42-43-44-46-48-50-52-54-56-58-60-62-64-70(78)75-67(66-82-74-73(81)72(80)71(79)69(65-76)83-74)68(77)63-61-59-57-55-53-51-49-47-45-22-20-18-16-14-12-10-8-6-4-2/h45,47,53,55,61,63,67-69,71-74,76-77,79-81H,3-44,46,48-52,54,56-60,62,64-66H2,1-2H3,(H,75,78)/b47-45+,55-53+,63-61+. The summed E-state index contributed by atoms with van der Waals surface area (Å²) in [6.45, 7) is 3.80. The van der Waals surface area contributed by atoms with Crippen molar-refractivity contribution in [3.05, 3.63) is 36.5 Å². The van der Waals surface area contributed by atoms with E-state index in [-0.39, 0.29) is 12.5 Å². The Morgan fingerprint density at radius 2 is 0.687 bits per heavy atom. The molecule has 490 valence electrons. The summed E-state index contributed by atoms with van der Waals surface area (Å²) in [6.07, 6.45) is 78.7. The van der Waals surface area contributed by atoms with E-state index in [1.807, 2.05) is 6.08 Å². The number of amides is 1. The van der Waals surface area contributed by atoms with Crippen molar-refractivity contribution < 1.29 is 39.8 Å². The first-order valence-corrected chi connectivity index (χ1v) is 36.7. The molecule has 1 saturated heterocycles. The van der Waals surface area contributed by atoms with Gasteiger partial charge in [-0.15, -0.1) is 0 Å². The molecular weight excluding hydrogens is 1030 g/mol. The largest absolute Gasteiger partial charge is 0.394 e. The van der Waals surface area contributed by atoms with Gasteiger partial charge in [0.05, 0.1) is 25.4 Å². The number of ether oxygens (including phenoxy) is 2. The Balaban J connectivity index is 2.03. The van der Waals surface area contributed by atoms with Crippen molar-refractivity contribution >= 4 is 5.91 Å². The Kier molecular flexibility index (Phi) is 60.7. The highest BCUT2D eigenvalue weighted by atomic mass is 16.7. The van der Waals surface area contributed by atoms with Crippen LogP contribution in [0.25, 0.3) is 0 Å². The van der Waals surface area contributed by atoms with Gasteiger partial charge in [0.25, 0.3) is 0 Å². The fraction of sp³-hybridized carbons (Fsp3) is 0.905. The number of aliphatic hydroxyl groups excluding tert-OH is 5. The van der Waals surface area contributed by atoms with Crippen LogP contribution >= 0.6 is 0 Å². The third kappa shape index (κ3) is 52.1. The molecule has 7 atom stereocenters. The van der Waals surface area contributed by atoms with Crippen LogP contribution in [0.4, 0.5) is 0 Å². The molecule has 1 aliphatic heterocycles. The van der Waals surface area contributed by atoms with Crippen molar-refractivity contribution in [1.29, 1.82) is 0 Å². The molecule has 1 aliphatic rings. The van der Waals surface area contributed by atoms with Gasteiger partial charge >= 0.3 is 0 Å². The van der Waals surface area contributed by atoms with Gasteiger partial charge in [-0.1, -0.05) is 359 Å². The van der Waals surface area contributed by atoms with Crippen molar-refractivity contribution in [3.63, 3.8) is 0 Å². The first kappa shape index (κ1) is 79.4. The van der Waals surface area contributed by atoms with Gasteiger partial charge in [0.1, 0.15) is 24.4 Å². The lowest BCUT2D eigenvalue weighted by atomic mass is 9.99. The Morgan fingerprint density at radius 1 is 0.398 bits per heavy atom. The summed E-state index contributed by atoms with van der Waals surface area (Å²) in [4.78, 5) is 13.1. The summed E-state index contributed by atoms with van der Waals surface area (Å²) in [7, 11) is 0. The van der Waals surface area contributed by atoms with E-state index in [0.717, 1.165) is 44.9 Å². The summed E-state index contributed by atoms with van der Waals surface area (Å²) in [6, 6.07) is -0.827. The molecule has 9 nitrogen and oxygen atoms in total. The number of allylic oxidation sites excluding steroid dienone is 5. The molecule has 7 unspecified atom stereocenters. The summed E-state index contributed by atoms with van der Waals surface area (Å²) < 4.78 is 11.3. The van der Waals surface area contributed by atoms with Crippen molar-refractivity contribution in [1.82, 2.24) is 5.32 Å². The topological polar surface area (TPSA) is 149 Å². The van der Waals surface area contributed by atoms with Gasteiger partial charge in [-0.25, -0.2) is 0 Å². The van der Waals surface area contributed by atoms with Crippen LogP contribution in [0.1, 0.15) is 373 Å². The zero-order valence-corrected chi connectivity index (χ0v) is 55.0. The second-order valence-corrected chi connectivity index (χ2v) is 25.7. The number of rotatable bonds is 65. The minimum absolute atomic E-state index is 0.184. The average molecular weight is 1170 g/mol. The highest BCUT2D eigenvalue weighted by Gasteiger charge is 2.44. The molecule has 6 N–H and O–H groups in total.